The highest BCUT2D eigenvalue weighted by molar-refractivity contribution is 7.87. The van der Waals surface area contributed by atoms with Crippen molar-refractivity contribution in [3.63, 3.8) is 0 Å². The van der Waals surface area contributed by atoms with E-state index in [1.54, 1.807) is 24.3 Å². The summed E-state index contributed by atoms with van der Waals surface area (Å²) >= 11 is 6.10. The highest BCUT2D eigenvalue weighted by Crippen LogP contribution is 2.35. The van der Waals surface area contributed by atoms with Crippen LogP contribution in [0, 0.1) is 0 Å². The van der Waals surface area contributed by atoms with Crippen molar-refractivity contribution in [2.24, 2.45) is 0 Å². The lowest BCUT2D eigenvalue weighted by molar-refractivity contribution is 0.0696. The predicted octanol–water partition coefficient (Wildman–Crippen LogP) is 3.96. The molecule has 0 atom stereocenters. The second kappa shape index (κ2) is 6.14. The number of carboxylic acid groups (broad SMARTS) is 1. The van der Waals surface area contributed by atoms with Crippen molar-refractivity contribution >= 4 is 38.5 Å². The second-order valence-electron chi connectivity index (χ2n) is 4.96. The van der Waals surface area contributed by atoms with Crippen LogP contribution >= 0.6 is 11.6 Å². The van der Waals surface area contributed by atoms with E-state index < -0.39 is 16.1 Å². The van der Waals surface area contributed by atoms with Crippen molar-refractivity contribution < 1.29 is 22.5 Å². The maximum atomic E-state index is 12.5. The lowest BCUT2D eigenvalue weighted by Crippen LogP contribution is -2.10. The summed E-state index contributed by atoms with van der Waals surface area (Å²) in [6, 6.07) is 15.2. The van der Waals surface area contributed by atoms with Gasteiger partial charge in [0.2, 0.25) is 0 Å². The smallest absolute Gasteiger partial charge is 0.339 e. The van der Waals surface area contributed by atoms with Gasteiger partial charge in [-0.3, -0.25) is 0 Å². The third-order valence-corrected chi connectivity index (χ3v) is 4.95. The van der Waals surface area contributed by atoms with Crippen molar-refractivity contribution in [3.8, 4) is 5.75 Å². The molecule has 1 N–H and O–H groups in total. The number of halogens is 1. The number of hydrogen-bond acceptors (Lipinski definition) is 4. The average molecular weight is 363 g/mol. The molecule has 3 aromatic rings. The molecule has 0 aliphatic carbocycles. The molecule has 0 saturated heterocycles. The number of aromatic carboxylic acids is 1. The van der Waals surface area contributed by atoms with E-state index >= 15 is 0 Å². The Labute approximate surface area is 143 Å². The Kier molecular flexibility index (Phi) is 4.17. The summed E-state index contributed by atoms with van der Waals surface area (Å²) in [6.45, 7) is 0. The van der Waals surface area contributed by atoms with Crippen molar-refractivity contribution in [2.45, 2.75) is 4.90 Å². The van der Waals surface area contributed by atoms with E-state index in [1.807, 2.05) is 12.1 Å². The first-order valence-electron chi connectivity index (χ1n) is 6.83. The Hall–Kier alpha value is -2.57. The van der Waals surface area contributed by atoms with E-state index in [0.29, 0.717) is 5.39 Å². The normalized spacial score (nSPS) is 11.4. The third-order valence-electron chi connectivity index (χ3n) is 3.41. The fraction of sp³-hybridized carbons (Fsp3) is 0. The van der Waals surface area contributed by atoms with Gasteiger partial charge in [0.1, 0.15) is 4.90 Å². The molecule has 0 spiro atoms. The van der Waals surface area contributed by atoms with E-state index in [0.717, 1.165) is 5.39 Å². The molecule has 3 rings (SSSR count). The van der Waals surface area contributed by atoms with Gasteiger partial charge in [0.15, 0.2) is 5.75 Å². The van der Waals surface area contributed by atoms with Gasteiger partial charge in [0, 0.05) is 5.39 Å². The van der Waals surface area contributed by atoms with Crippen LogP contribution in [-0.2, 0) is 10.1 Å². The zero-order chi connectivity index (χ0) is 17.3. The summed E-state index contributed by atoms with van der Waals surface area (Å²) in [5.41, 5.74) is -0.0165. The number of carboxylic acids is 1. The molecule has 0 aliphatic rings. The first kappa shape index (κ1) is 16.3. The highest BCUT2D eigenvalue weighted by Gasteiger charge is 2.20. The molecule has 0 aromatic heterocycles. The van der Waals surface area contributed by atoms with E-state index in [2.05, 4.69) is 0 Å². The fourth-order valence-electron chi connectivity index (χ4n) is 2.22. The van der Waals surface area contributed by atoms with Gasteiger partial charge in [0.05, 0.1) is 10.6 Å². The Morgan fingerprint density at radius 3 is 2.29 bits per heavy atom. The molecule has 0 fully saturated rings. The molecule has 3 aromatic carbocycles. The molecule has 5 nitrogen and oxygen atoms in total. The SMILES string of the molecule is O=C(O)c1ccc(S(=O)(=O)Oc2c(Cl)ccc3ccccc23)cc1. The minimum Gasteiger partial charge on any atom is -0.478 e. The van der Waals surface area contributed by atoms with Crippen molar-refractivity contribution in [1.29, 1.82) is 0 Å². The van der Waals surface area contributed by atoms with E-state index in [-0.39, 0.29) is 21.2 Å². The Bertz CT molecular complexity index is 1030. The molecule has 0 saturated carbocycles. The van der Waals surface area contributed by atoms with Crippen molar-refractivity contribution in [3.05, 3.63) is 71.2 Å². The summed E-state index contributed by atoms with van der Waals surface area (Å²) in [7, 11) is -4.15. The van der Waals surface area contributed by atoms with Crippen molar-refractivity contribution in [1.82, 2.24) is 0 Å². The van der Waals surface area contributed by atoms with E-state index in [4.69, 9.17) is 20.9 Å². The fourth-order valence-corrected chi connectivity index (χ4v) is 3.44. The molecule has 0 aliphatic heterocycles. The maximum absolute atomic E-state index is 12.5. The summed E-state index contributed by atoms with van der Waals surface area (Å²) in [5, 5.41) is 10.4. The largest absolute Gasteiger partial charge is 0.478 e. The maximum Gasteiger partial charge on any atom is 0.339 e. The van der Waals surface area contributed by atoms with E-state index in [9.17, 15) is 13.2 Å². The minimum atomic E-state index is -4.15. The molecular weight excluding hydrogens is 352 g/mol. The summed E-state index contributed by atoms with van der Waals surface area (Å²) in [5.74, 6) is -1.10. The molecule has 0 radical (unpaired) electrons. The van der Waals surface area contributed by atoms with Gasteiger partial charge >= 0.3 is 16.1 Å². The highest BCUT2D eigenvalue weighted by atomic mass is 35.5. The van der Waals surface area contributed by atoms with Crippen LogP contribution in [0.3, 0.4) is 0 Å². The van der Waals surface area contributed by atoms with Gasteiger partial charge in [-0.1, -0.05) is 41.9 Å². The van der Waals surface area contributed by atoms with Crippen LogP contribution in [-0.4, -0.2) is 19.5 Å². The van der Waals surface area contributed by atoms with Crippen LogP contribution in [0.1, 0.15) is 10.4 Å². The summed E-state index contributed by atoms with van der Waals surface area (Å²) < 4.78 is 30.1. The summed E-state index contributed by atoms with van der Waals surface area (Å²) in [4.78, 5) is 10.7. The quantitative estimate of drug-likeness (QED) is 0.710. The van der Waals surface area contributed by atoms with Crippen LogP contribution in [0.2, 0.25) is 5.02 Å². The molecule has 0 unspecified atom stereocenters. The van der Waals surface area contributed by atoms with Gasteiger partial charge in [0.25, 0.3) is 0 Å². The van der Waals surface area contributed by atoms with Crippen LogP contribution in [0.15, 0.2) is 65.6 Å². The molecule has 0 amide bonds. The third kappa shape index (κ3) is 3.06. The topological polar surface area (TPSA) is 80.7 Å². The molecular formula is C17H11ClO5S. The molecule has 0 bridgehead atoms. The number of carbonyl (C=O) groups is 1. The molecule has 7 heteroatoms. The first-order valence-corrected chi connectivity index (χ1v) is 8.62. The Morgan fingerprint density at radius 2 is 1.62 bits per heavy atom. The van der Waals surface area contributed by atoms with Gasteiger partial charge < -0.3 is 9.29 Å². The van der Waals surface area contributed by atoms with Crippen LogP contribution in [0.25, 0.3) is 10.8 Å². The first-order chi connectivity index (χ1) is 11.4. The Balaban J connectivity index is 2.04. The second-order valence-corrected chi connectivity index (χ2v) is 6.92. The minimum absolute atomic E-state index is 0.0165. The van der Waals surface area contributed by atoms with Gasteiger partial charge in [-0.25, -0.2) is 4.79 Å². The lowest BCUT2D eigenvalue weighted by Gasteiger charge is -2.11. The lowest BCUT2D eigenvalue weighted by atomic mass is 10.1. The van der Waals surface area contributed by atoms with E-state index in [1.165, 1.54) is 24.3 Å². The average Bonchev–Trinajstić information content (AvgIpc) is 2.57. The number of fused-ring (bicyclic) bond motifs is 1. The predicted molar refractivity (Wildman–Crippen MR) is 90.2 cm³/mol. The standard InChI is InChI=1S/C17H11ClO5S/c18-15-10-7-11-3-1-2-4-14(11)16(15)23-24(21,22)13-8-5-12(6-9-13)17(19)20/h1-10H,(H,19,20). The zero-order valence-electron chi connectivity index (χ0n) is 12.1. The number of benzene rings is 3. The summed E-state index contributed by atoms with van der Waals surface area (Å²) in [6.07, 6.45) is 0. The van der Waals surface area contributed by atoms with Crippen LogP contribution < -0.4 is 4.18 Å². The van der Waals surface area contributed by atoms with Crippen molar-refractivity contribution in [2.75, 3.05) is 0 Å². The van der Waals surface area contributed by atoms with Crippen LogP contribution in [0.4, 0.5) is 0 Å². The molecule has 24 heavy (non-hydrogen) atoms. The number of hydrogen-bond donors (Lipinski definition) is 1. The Morgan fingerprint density at radius 1 is 0.958 bits per heavy atom. The molecule has 0 heterocycles. The van der Waals surface area contributed by atoms with Gasteiger partial charge in [-0.05, 0) is 35.7 Å². The number of rotatable bonds is 4. The van der Waals surface area contributed by atoms with Gasteiger partial charge in [-0.15, -0.1) is 0 Å². The molecule has 122 valence electrons. The van der Waals surface area contributed by atoms with Crippen LogP contribution in [0.5, 0.6) is 5.75 Å². The zero-order valence-corrected chi connectivity index (χ0v) is 13.7. The van der Waals surface area contributed by atoms with Gasteiger partial charge in [-0.2, -0.15) is 8.42 Å². The monoisotopic (exact) mass is 362 g/mol.